The highest BCUT2D eigenvalue weighted by molar-refractivity contribution is 9.09. The molecule has 2 aromatic rings. The fraction of sp³-hybridized carbons (Fsp3) is 0.548. The first kappa shape index (κ1) is 33.5. The Morgan fingerprint density at radius 2 is 1.73 bits per heavy atom. The smallest absolute Gasteiger partial charge is 0.378 e. The summed E-state index contributed by atoms with van der Waals surface area (Å²) in [4.78, 5) is 23.8. The van der Waals surface area contributed by atoms with E-state index in [2.05, 4.69) is 32.9 Å². The molecule has 0 spiro atoms. The van der Waals surface area contributed by atoms with Crippen molar-refractivity contribution < 1.29 is 32.6 Å². The van der Waals surface area contributed by atoms with Gasteiger partial charge in [0.2, 0.25) is 5.91 Å². The zero-order valence-electron chi connectivity index (χ0n) is 24.5. The number of halogens is 3. The van der Waals surface area contributed by atoms with Gasteiger partial charge >= 0.3 is 11.9 Å². The van der Waals surface area contributed by atoms with Gasteiger partial charge < -0.3 is 19.5 Å². The molecule has 2 atom stereocenters. The number of hydrogen-bond donors (Lipinski definition) is 1. The number of hydrogen-bond acceptors (Lipinski definition) is 5. The number of amides is 1. The number of ether oxygens (including phenoxy) is 3. The van der Waals surface area contributed by atoms with Crippen LogP contribution < -0.4 is 14.8 Å². The predicted molar refractivity (Wildman–Crippen MR) is 158 cm³/mol. The fourth-order valence-electron chi connectivity index (χ4n) is 4.68. The molecule has 2 aromatic carbocycles. The number of anilines is 1. The van der Waals surface area contributed by atoms with Gasteiger partial charge in [-0.2, -0.15) is 8.78 Å². The summed E-state index contributed by atoms with van der Waals surface area (Å²) in [7, 11) is 3.15. The minimum atomic E-state index is -3.80. The van der Waals surface area contributed by atoms with Crippen LogP contribution in [0.4, 0.5) is 14.5 Å². The second-order valence-corrected chi connectivity index (χ2v) is 11.7. The van der Waals surface area contributed by atoms with Crippen LogP contribution in [0.15, 0.2) is 36.4 Å². The van der Waals surface area contributed by atoms with E-state index in [4.69, 9.17) is 9.47 Å². The molecule has 0 fully saturated rings. The first-order valence-corrected chi connectivity index (χ1v) is 14.6. The molecule has 0 heterocycles. The number of unbranched alkanes of at least 4 members (excludes halogenated alkanes) is 2. The van der Waals surface area contributed by atoms with Gasteiger partial charge in [0.1, 0.15) is 4.83 Å². The number of carbonyl (C=O) groups is 2. The molecule has 6 nitrogen and oxygen atoms in total. The average Bonchev–Trinajstić information content (AvgIpc) is 2.90. The van der Waals surface area contributed by atoms with Gasteiger partial charge in [-0.3, -0.25) is 4.79 Å². The third-order valence-corrected chi connectivity index (χ3v) is 7.85. The molecule has 0 aliphatic heterocycles. The fourth-order valence-corrected chi connectivity index (χ4v) is 5.16. The number of carbonyl (C=O) groups excluding carboxylic acids is 2. The number of nitrogens with one attached hydrogen (secondary N) is 1. The zero-order valence-corrected chi connectivity index (χ0v) is 26.1. The Balaban J connectivity index is 2.44. The number of para-hydroxylation sites is 1. The number of alkyl halides is 3. The average molecular weight is 627 g/mol. The van der Waals surface area contributed by atoms with E-state index in [0.717, 1.165) is 36.8 Å². The van der Waals surface area contributed by atoms with E-state index in [1.165, 1.54) is 19.1 Å². The lowest BCUT2D eigenvalue weighted by atomic mass is 9.84. The molecular formula is C31H42BrF2NO5. The maximum absolute atomic E-state index is 14.8. The first-order valence-electron chi connectivity index (χ1n) is 13.7. The third-order valence-electron chi connectivity index (χ3n) is 6.75. The van der Waals surface area contributed by atoms with Crippen LogP contribution in [0.25, 0.3) is 0 Å². The number of esters is 1. The van der Waals surface area contributed by atoms with Crippen molar-refractivity contribution >= 4 is 33.5 Å². The topological polar surface area (TPSA) is 73.9 Å². The van der Waals surface area contributed by atoms with Gasteiger partial charge in [-0.05, 0) is 47.9 Å². The van der Waals surface area contributed by atoms with Crippen LogP contribution in [0.5, 0.6) is 11.5 Å². The summed E-state index contributed by atoms with van der Waals surface area (Å²) in [5, 5.41) is 2.98. The zero-order chi connectivity index (χ0) is 30.1. The molecule has 222 valence electrons. The van der Waals surface area contributed by atoms with Crippen LogP contribution in [-0.2, 0) is 19.7 Å². The molecule has 0 aromatic heterocycles. The van der Waals surface area contributed by atoms with Gasteiger partial charge in [0, 0.05) is 17.7 Å². The van der Waals surface area contributed by atoms with Crippen molar-refractivity contribution in [2.45, 2.75) is 88.8 Å². The molecule has 0 aliphatic rings. The van der Waals surface area contributed by atoms with Crippen molar-refractivity contribution in [3.8, 4) is 11.5 Å². The molecule has 2 unspecified atom stereocenters. The van der Waals surface area contributed by atoms with Crippen molar-refractivity contribution in [2.75, 3.05) is 26.1 Å². The minimum Gasteiger partial charge on any atom is -0.493 e. The highest BCUT2D eigenvalue weighted by Gasteiger charge is 2.48. The Morgan fingerprint density at radius 3 is 2.30 bits per heavy atom. The van der Waals surface area contributed by atoms with E-state index in [1.54, 1.807) is 20.3 Å². The molecule has 0 saturated heterocycles. The Hall–Kier alpha value is -2.68. The maximum atomic E-state index is 14.8. The summed E-state index contributed by atoms with van der Waals surface area (Å²) in [5.74, 6) is -4.61. The number of methoxy groups -OCH3 is 2. The Labute approximate surface area is 245 Å². The summed E-state index contributed by atoms with van der Waals surface area (Å²) >= 11 is 3.00. The number of benzene rings is 2. The van der Waals surface area contributed by atoms with Gasteiger partial charge in [-0.15, -0.1) is 0 Å². The predicted octanol–water partition coefficient (Wildman–Crippen LogP) is 8.33. The molecule has 40 heavy (non-hydrogen) atoms. The van der Waals surface area contributed by atoms with Gasteiger partial charge in [0.05, 0.1) is 20.8 Å². The molecule has 0 bridgehead atoms. The van der Waals surface area contributed by atoms with Gasteiger partial charge in [-0.1, -0.05) is 87.2 Å². The van der Waals surface area contributed by atoms with Crippen LogP contribution in [0.3, 0.4) is 0 Å². The molecule has 0 aliphatic carbocycles. The maximum Gasteiger partial charge on any atom is 0.378 e. The van der Waals surface area contributed by atoms with Crippen molar-refractivity contribution in [1.29, 1.82) is 0 Å². The normalized spacial score (nSPS) is 13.3. The summed E-state index contributed by atoms with van der Waals surface area (Å²) in [6.07, 6.45) is 3.94. The standard InChI is InChI=1S/C31H42BrF2NO5/c1-8-10-11-13-20(22-14-12-15-25(38-6)27(22)39-7)19-26(36)35-24-18-21(16-17-23(24)30(3,4)5)28(32)31(33,34)29(37)40-9-2/h12,14-18,20,28H,8-11,13,19H2,1-7H3,(H,35,36). The molecule has 1 N–H and O–H groups in total. The minimum absolute atomic E-state index is 0.144. The van der Waals surface area contributed by atoms with Crippen molar-refractivity contribution in [2.24, 2.45) is 0 Å². The lowest BCUT2D eigenvalue weighted by Crippen LogP contribution is -2.35. The molecule has 1 amide bonds. The molecular weight excluding hydrogens is 584 g/mol. The van der Waals surface area contributed by atoms with Gasteiger partial charge in [0.15, 0.2) is 11.5 Å². The Bertz CT molecular complexity index is 1150. The Kier molecular flexibility index (Phi) is 12.4. The Morgan fingerprint density at radius 1 is 1.02 bits per heavy atom. The highest BCUT2D eigenvalue weighted by atomic mass is 79.9. The second-order valence-electron chi connectivity index (χ2n) is 10.8. The summed E-state index contributed by atoms with van der Waals surface area (Å²) in [6.45, 7) is 9.37. The summed E-state index contributed by atoms with van der Waals surface area (Å²) in [6, 6.07) is 10.4. The van der Waals surface area contributed by atoms with Crippen molar-refractivity contribution in [1.82, 2.24) is 0 Å². The summed E-state index contributed by atoms with van der Waals surface area (Å²) in [5.41, 5.74) is 1.85. The first-order chi connectivity index (χ1) is 18.8. The van der Waals surface area contributed by atoms with E-state index in [9.17, 15) is 18.4 Å². The van der Waals surface area contributed by atoms with Gasteiger partial charge in [-0.25, -0.2) is 4.79 Å². The molecule has 0 radical (unpaired) electrons. The van der Waals surface area contributed by atoms with E-state index < -0.39 is 16.7 Å². The second kappa shape index (κ2) is 14.8. The highest BCUT2D eigenvalue weighted by Crippen LogP contribution is 2.43. The van der Waals surface area contributed by atoms with E-state index in [0.29, 0.717) is 17.2 Å². The summed E-state index contributed by atoms with van der Waals surface area (Å²) < 4.78 is 45.4. The van der Waals surface area contributed by atoms with Gasteiger partial charge in [0.25, 0.3) is 0 Å². The van der Waals surface area contributed by atoms with E-state index in [-0.39, 0.29) is 35.8 Å². The quantitative estimate of drug-likeness (QED) is 0.130. The lowest BCUT2D eigenvalue weighted by Gasteiger charge is -2.27. The largest absolute Gasteiger partial charge is 0.493 e. The monoisotopic (exact) mass is 625 g/mol. The lowest BCUT2D eigenvalue weighted by molar-refractivity contribution is -0.171. The SMILES string of the molecule is CCCCCC(CC(=O)Nc1cc(C(Br)C(F)(F)C(=O)OCC)ccc1C(C)(C)C)c1cccc(OC)c1OC. The van der Waals surface area contributed by atoms with E-state index >= 15 is 0 Å². The van der Waals surface area contributed by atoms with Crippen LogP contribution in [0, 0.1) is 0 Å². The van der Waals surface area contributed by atoms with Crippen molar-refractivity contribution in [3.63, 3.8) is 0 Å². The molecule has 0 saturated carbocycles. The van der Waals surface area contributed by atoms with E-state index in [1.807, 2.05) is 39.0 Å². The number of rotatable bonds is 14. The van der Waals surface area contributed by atoms with Crippen LogP contribution >= 0.6 is 15.9 Å². The molecule has 9 heteroatoms. The van der Waals surface area contributed by atoms with Crippen LogP contribution in [-0.4, -0.2) is 38.6 Å². The third kappa shape index (κ3) is 8.41. The van der Waals surface area contributed by atoms with Crippen molar-refractivity contribution in [3.05, 3.63) is 53.1 Å². The van der Waals surface area contributed by atoms with Crippen LogP contribution in [0.1, 0.15) is 94.2 Å². The van der Waals surface area contributed by atoms with Crippen LogP contribution in [0.2, 0.25) is 0 Å². The molecule has 2 rings (SSSR count).